The normalized spacial score (nSPS) is 30.7. The summed E-state index contributed by atoms with van der Waals surface area (Å²) in [6, 6.07) is -0.194. The zero-order valence-electron chi connectivity index (χ0n) is 13.0. The number of hydrogen-bond acceptors (Lipinski definition) is 4. The predicted octanol–water partition coefficient (Wildman–Crippen LogP) is 0.212. The lowest BCUT2D eigenvalue weighted by Crippen LogP contribution is -2.57. The van der Waals surface area contributed by atoms with Gasteiger partial charge >= 0.3 is 12.0 Å². The van der Waals surface area contributed by atoms with Crippen LogP contribution in [0.25, 0.3) is 0 Å². The fraction of sp³-hybridized carbons (Fsp3) is 0.857. The van der Waals surface area contributed by atoms with Crippen LogP contribution in [0.5, 0.6) is 0 Å². The second-order valence-electron chi connectivity index (χ2n) is 6.36. The summed E-state index contributed by atoms with van der Waals surface area (Å²) in [7, 11) is 0. The summed E-state index contributed by atoms with van der Waals surface area (Å²) in [6.45, 7) is 9.32. The van der Waals surface area contributed by atoms with Crippen molar-refractivity contribution in [3.05, 3.63) is 0 Å². The smallest absolute Gasteiger partial charge is 0.317 e. The van der Waals surface area contributed by atoms with Crippen molar-refractivity contribution in [2.75, 3.05) is 39.4 Å². The molecule has 0 bridgehead atoms. The SMILES string of the molecule is CC(C)N1CCN(C(=O)NC2COCC2(C)C(=O)O)CC1. The van der Waals surface area contributed by atoms with Gasteiger partial charge in [-0.3, -0.25) is 9.69 Å². The van der Waals surface area contributed by atoms with E-state index in [-0.39, 0.29) is 19.2 Å². The van der Waals surface area contributed by atoms with Gasteiger partial charge in [-0.05, 0) is 20.8 Å². The van der Waals surface area contributed by atoms with E-state index < -0.39 is 17.4 Å². The molecule has 2 N–H and O–H groups in total. The Labute approximate surface area is 125 Å². The Bertz CT molecular complexity index is 407. The number of amides is 2. The third-order valence-electron chi connectivity index (χ3n) is 4.57. The zero-order valence-corrected chi connectivity index (χ0v) is 13.0. The summed E-state index contributed by atoms with van der Waals surface area (Å²) in [4.78, 5) is 27.7. The molecule has 2 aliphatic heterocycles. The highest BCUT2D eigenvalue weighted by atomic mass is 16.5. The number of aliphatic carboxylic acids is 1. The van der Waals surface area contributed by atoms with Crippen LogP contribution in [0, 0.1) is 5.41 Å². The van der Waals surface area contributed by atoms with Crippen LogP contribution in [0.3, 0.4) is 0 Å². The summed E-state index contributed by atoms with van der Waals surface area (Å²) >= 11 is 0. The lowest BCUT2D eigenvalue weighted by Gasteiger charge is -2.37. The van der Waals surface area contributed by atoms with Crippen molar-refractivity contribution in [3.8, 4) is 0 Å². The fourth-order valence-corrected chi connectivity index (χ4v) is 2.77. The second-order valence-corrected chi connectivity index (χ2v) is 6.36. The van der Waals surface area contributed by atoms with Crippen LogP contribution in [0.15, 0.2) is 0 Å². The first-order valence-electron chi connectivity index (χ1n) is 7.45. The fourth-order valence-electron chi connectivity index (χ4n) is 2.77. The molecule has 7 nitrogen and oxygen atoms in total. The third kappa shape index (κ3) is 3.29. The van der Waals surface area contributed by atoms with Gasteiger partial charge in [-0.2, -0.15) is 0 Å². The van der Waals surface area contributed by atoms with Crippen LogP contribution in [-0.2, 0) is 9.53 Å². The minimum absolute atomic E-state index is 0.133. The van der Waals surface area contributed by atoms with Crippen LogP contribution < -0.4 is 5.32 Å². The van der Waals surface area contributed by atoms with Crippen molar-refractivity contribution in [2.45, 2.75) is 32.9 Å². The van der Waals surface area contributed by atoms with Gasteiger partial charge in [0.05, 0.1) is 19.3 Å². The molecule has 0 aromatic heterocycles. The molecule has 21 heavy (non-hydrogen) atoms. The molecule has 2 saturated heterocycles. The molecule has 2 fully saturated rings. The Morgan fingerprint density at radius 1 is 1.29 bits per heavy atom. The Hall–Kier alpha value is -1.34. The summed E-state index contributed by atoms with van der Waals surface area (Å²) in [6.07, 6.45) is 0. The molecule has 2 amide bonds. The third-order valence-corrected chi connectivity index (χ3v) is 4.57. The molecule has 0 spiro atoms. The van der Waals surface area contributed by atoms with Crippen LogP contribution in [0.2, 0.25) is 0 Å². The highest BCUT2D eigenvalue weighted by molar-refractivity contribution is 5.79. The van der Waals surface area contributed by atoms with Crippen molar-refractivity contribution in [2.24, 2.45) is 5.41 Å². The Morgan fingerprint density at radius 3 is 2.43 bits per heavy atom. The van der Waals surface area contributed by atoms with Crippen molar-refractivity contribution >= 4 is 12.0 Å². The van der Waals surface area contributed by atoms with Gasteiger partial charge in [-0.25, -0.2) is 4.79 Å². The number of carboxylic acid groups (broad SMARTS) is 1. The first-order chi connectivity index (χ1) is 9.84. The second kappa shape index (κ2) is 6.19. The van der Waals surface area contributed by atoms with Crippen LogP contribution in [-0.4, -0.2) is 78.4 Å². The molecule has 0 aromatic rings. The van der Waals surface area contributed by atoms with E-state index in [2.05, 4.69) is 24.1 Å². The highest BCUT2D eigenvalue weighted by Gasteiger charge is 2.47. The minimum Gasteiger partial charge on any atom is -0.481 e. The number of carboxylic acids is 1. The molecule has 2 aliphatic rings. The van der Waals surface area contributed by atoms with Crippen LogP contribution in [0.1, 0.15) is 20.8 Å². The van der Waals surface area contributed by atoms with Gasteiger partial charge in [-0.15, -0.1) is 0 Å². The number of carbonyl (C=O) groups is 2. The average molecular weight is 299 g/mol. The Balaban J connectivity index is 1.89. The van der Waals surface area contributed by atoms with E-state index in [9.17, 15) is 14.7 Å². The summed E-state index contributed by atoms with van der Waals surface area (Å²) < 4.78 is 5.25. The average Bonchev–Trinajstić information content (AvgIpc) is 2.81. The number of hydrogen-bond donors (Lipinski definition) is 2. The van der Waals surface area contributed by atoms with E-state index in [1.165, 1.54) is 0 Å². The van der Waals surface area contributed by atoms with E-state index in [1.54, 1.807) is 11.8 Å². The first-order valence-corrected chi connectivity index (χ1v) is 7.45. The largest absolute Gasteiger partial charge is 0.481 e. The molecular weight excluding hydrogens is 274 g/mol. The van der Waals surface area contributed by atoms with E-state index in [0.717, 1.165) is 13.1 Å². The summed E-state index contributed by atoms with van der Waals surface area (Å²) in [5.41, 5.74) is -1.05. The summed E-state index contributed by atoms with van der Waals surface area (Å²) in [5, 5.41) is 12.1. The number of nitrogens with one attached hydrogen (secondary N) is 1. The number of rotatable bonds is 3. The number of nitrogens with zero attached hydrogens (tertiary/aromatic N) is 2. The van der Waals surface area contributed by atoms with Crippen molar-refractivity contribution in [1.82, 2.24) is 15.1 Å². The van der Waals surface area contributed by atoms with Crippen LogP contribution in [0.4, 0.5) is 4.79 Å². The lowest BCUT2D eigenvalue weighted by atomic mass is 9.85. The topological polar surface area (TPSA) is 82.1 Å². The maximum Gasteiger partial charge on any atom is 0.317 e. The molecule has 120 valence electrons. The van der Waals surface area contributed by atoms with E-state index in [1.807, 2.05) is 0 Å². The summed E-state index contributed by atoms with van der Waals surface area (Å²) in [5.74, 6) is -0.935. The highest BCUT2D eigenvalue weighted by Crippen LogP contribution is 2.28. The van der Waals surface area contributed by atoms with Crippen molar-refractivity contribution in [3.63, 3.8) is 0 Å². The Kier molecular flexibility index (Phi) is 4.73. The molecule has 0 aromatic carbocycles. The van der Waals surface area contributed by atoms with Crippen LogP contribution >= 0.6 is 0 Å². The number of piperazine rings is 1. The van der Waals surface area contributed by atoms with E-state index in [4.69, 9.17) is 4.74 Å². The van der Waals surface area contributed by atoms with Gasteiger partial charge in [0.1, 0.15) is 5.41 Å². The maximum absolute atomic E-state index is 12.3. The molecule has 2 unspecified atom stereocenters. The molecule has 2 rings (SSSR count). The predicted molar refractivity (Wildman–Crippen MR) is 77.2 cm³/mol. The van der Waals surface area contributed by atoms with Gasteiger partial charge in [-0.1, -0.05) is 0 Å². The monoisotopic (exact) mass is 299 g/mol. The van der Waals surface area contributed by atoms with Gasteiger partial charge in [0.2, 0.25) is 0 Å². The first kappa shape index (κ1) is 16.0. The molecule has 0 aliphatic carbocycles. The molecule has 0 saturated carbocycles. The number of ether oxygens (including phenoxy) is 1. The standard InChI is InChI=1S/C14H25N3O4/c1-10(2)16-4-6-17(7-5-16)13(20)15-11-8-21-9-14(11,3)12(18)19/h10-11H,4-9H2,1-3H3,(H,15,20)(H,18,19). The number of carbonyl (C=O) groups excluding carboxylic acids is 1. The van der Waals surface area contributed by atoms with E-state index >= 15 is 0 Å². The zero-order chi connectivity index (χ0) is 15.6. The molecular formula is C14H25N3O4. The molecule has 2 atom stereocenters. The van der Waals surface area contributed by atoms with Crippen molar-refractivity contribution < 1.29 is 19.4 Å². The van der Waals surface area contributed by atoms with E-state index in [0.29, 0.717) is 19.1 Å². The quantitative estimate of drug-likeness (QED) is 0.778. The molecule has 0 radical (unpaired) electrons. The minimum atomic E-state index is -1.05. The molecule has 2 heterocycles. The Morgan fingerprint density at radius 2 is 1.90 bits per heavy atom. The van der Waals surface area contributed by atoms with Gasteiger partial charge in [0.15, 0.2) is 0 Å². The number of urea groups is 1. The van der Waals surface area contributed by atoms with Crippen molar-refractivity contribution in [1.29, 1.82) is 0 Å². The van der Waals surface area contributed by atoms with Gasteiger partial charge in [0, 0.05) is 32.2 Å². The van der Waals surface area contributed by atoms with Gasteiger partial charge in [0.25, 0.3) is 0 Å². The maximum atomic E-state index is 12.3. The lowest BCUT2D eigenvalue weighted by molar-refractivity contribution is -0.148. The molecule has 7 heteroatoms. The van der Waals surface area contributed by atoms with Gasteiger partial charge < -0.3 is 20.1 Å².